The van der Waals surface area contributed by atoms with Gasteiger partial charge < -0.3 is 15.2 Å². The van der Waals surface area contributed by atoms with E-state index < -0.39 is 15.6 Å². The van der Waals surface area contributed by atoms with Crippen molar-refractivity contribution in [2.24, 2.45) is 0 Å². The lowest BCUT2D eigenvalue weighted by molar-refractivity contribution is -0.0192. The van der Waals surface area contributed by atoms with Crippen LogP contribution in [0.3, 0.4) is 0 Å². The predicted octanol–water partition coefficient (Wildman–Crippen LogP) is 3.98. The van der Waals surface area contributed by atoms with Gasteiger partial charge >= 0.3 is 0 Å². The number of nitrogens with zero attached hydrogens (tertiary/aromatic N) is 1. The van der Waals surface area contributed by atoms with E-state index in [0.29, 0.717) is 26.1 Å². The Balaban J connectivity index is 3.32. The Morgan fingerprint density at radius 3 is 2.29 bits per heavy atom. The molecule has 6 nitrogen and oxygen atoms in total. The summed E-state index contributed by atoms with van der Waals surface area (Å²) >= 11 is 0. The van der Waals surface area contributed by atoms with Crippen LogP contribution in [0.4, 0.5) is 5.69 Å². The predicted molar refractivity (Wildman–Crippen MR) is 115 cm³/mol. The zero-order valence-corrected chi connectivity index (χ0v) is 19.5. The fourth-order valence-electron chi connectivity index (χ4n) is 3.25. The minimum absolute atomic E-state index is 0.154. The number of nitrogen functional groups attached to an aromatic ring is 1. The summed E-state index contributed by atoms with van der Waals surface area (Å²) in [5, 5.41) is 0. The molecule has 0 amide bonds. The van der Waals surface area contributed by atoms with E-state index in [1.54, 1.807) is 23.5 Å². The summed E-state index contributed by atoms with van der Waals surface area (Å²) in [4.78, 5) is 0.154. The average Bonchev–Trinajstić information content (AvgIpc) is 2.53. The molecule has 0 saturated carbocycles. The van der Waals surface area contributed by atoms with Crippen molar-refractivity contribution in [1.82, 2.24) is 4.31 Å². The molecule has 0 aliphatic carbocycles. The Morgan fingerprint density at radius 1 is 1.14 bits per heavy atom. The highest BCUT2D eigenvalue weighted by Gasteiger charge is 2.41. The van der Waals surface area contributed by atoms with Crippen molar-refractivity contribution in [2.75, 3.05) is 26.1 Å². The second-order valence-corrected chi connectivity index (χ2v) is 10.8. The zero-order chi connectivity index (χ0) is 21.8. The first kappa shape index (κ1) is 24.9. The van der Waals surface area contributed by atoms with E-state index in [0.717, 1.165) is 5.56 Å². The van der Waals surface area contributed by atoms with Gasteiger partial charge in [0.25, 0.3) is 0 Å². The van der Waals surface area contributed by atoms with E-state index in [9.17, 15) is 8.42 Å². The number of methoxy groups -OCH3 is 1. The first-order valence-electron chi connectivity index (χ1n) is 9.76. The van der Waals surface area contributed by atoms with E-state index in [1.165, 1.54) is 0 Å². The standard InChI is InChI=1S/C21H38N2O4S/c1-16-9-10-18(22)19(15-16)28(24,25)23(17(2)11-13-26-8)21(6,7)12-14-27-20(3,4)5/h9-10,15,17H,11-14,22H2,1-8H3. The molecule has 1 aromatic rings. The van der Waals surface area contributed by atoms with Gasteiger partial charge in [0, 0.05) is 31.9 Å². The van der Waals surface area contributed by atoms with Crippen molar-refractivity contribution in [1.29, 1.82) is 0 Å². The summed E-state index contributed by atoms with van der Waals surface area (Å²) in [5.74, 6) is 0. The maximum Gasteiger partial charge on any atom is 0.245 e. The summed E-state index contributed by atoms with van der Waals surface area (Å²) in [7, 11) is -2.19. The first-order chi connectivity index (χ1) is 12.7. The number of aryl methyl sites for hydroxylation is 1. The maximum atomic E-state index is 13.7. The number of nitrogens with two attached hydrogens (primary N) is 1. The Bertz CT molecular complexity index is 739. The van der Waals surface area contributed by atoms with E-state index >= 15 is 0 Å². The number of rotatable bonds is 10. The molecular formula is C21H38N2O4S. The molecule has 162 valence electrons. The van der Waals surface area contributed by atoms with Crippen LogP contribution in [0.5, 0.6) is 0 Å². The Morgan fingerprint density at radius 2 is 1.75 bits per heavy atom. The van der Waals surface area contributed by atoms with Gasteiger partial charge in [-0.15, -0.1) is 0 Å². The quantitative estimate of drug-likeness (QED) is 0.586. The van der Waals surface area contributed by atoms with Gasteiger partial charge in [0.1, 0.15) is 4.90 Å². The molecule has 28 heavy (non-hydrogen) atoms. The van der Waals surface area contributed by atoms with Gasteiger partial charge in [0.15, 0.2) is 0 Å². The van der Waals surface area contributed by atoms with Crippen LogP contribution in [0.15, 0.2) is 23.1 Å². The molecule has 0 fully saturated rings. The SMILES string of the molecule is COCCC(C)N(C(C)(C)CCOC(C)(C)C)S(=O)(=O)c1cc(C)ccc1N. The first-order valence-corrected chi connectivity index (χ1v) is 11.2. The normalized spacial score (nSPS) is 14.5. The van der Waals surface area contributed by atoms with Crippen molar-refractivity contribution >= 4 is 15.7 Å². The number of benzene rings is 1. The van der Waals surface area contributed by atoms with Crippen molar-refractivity contribution < 1.29 is 17.9 Å². The van der Waals surface area contributed by atoms with Crippen LogP contribution in [0, 0.1) is 6.92 Å². The number of ether oxygens (including phenoxy) is 2. The van der Waals surface area contributed by atoms with Gasteiger partial charge in [0.05, 0.1) is 11.3 Å². The molecule has 0 bridgehead atoms. The van der Waals surface area contributed by atoms with E-state index in [2.05, 4.69) is 0 Å². The fraction of sp³-hybridized carbons (Fsp3) is 0.714. The number of anilines is 1. The lowest BCUT2D eigenvalue weighted by atomic mass is 9.99. The molecule has 0 saturated heterocycles. The van der Waals surface area contributed by atoms with Crippen molar-refractivity contribution in [3.05, 3.63) is 23.8 Å². The lowest BCUT2D eigenvalue weighted by Gasteiger charge is -2.42. The average molecular weight is 415 g/mol. The van der Waals surface area contributed by atoms with E-state index in [4.69, 9.17) is 15.2 Å². The Kier molecular flexibility index (Phi) is 8.50. The monoisotopic (exact) mass is 414 g/mol. The van der Waals surface area contributed by atoms with E-state index in [-0.39, 0.29) is 22.2 Å². The molecule has 0 aliphatic heterocycles. The summed E-state index contributed by atoms with van der Waals surface area (Å²) in [6.07, 6.45) is 1.15. The molecule has 0 aliphatic rings. The summed E-state index contributed by atoms with van der Waals surface area (Å²) in [5.41, 5.74) is 6.24. The zero-order valence-electron chi connectivity index (χ0n) is 18.7. The van der Waals surface area contributed by atoms with Crippen LogP contribution in [-0.2, 0) is 19.5 Å². The number of sulfonamides is 1. The fourth-order valence-corrected chi connectivity index (χ4v) is 5.49. The van der Waals surface area contributed by atoms with Crippen LogP contribution in [-0.4, -0.2) is 50.2 Å². The van der Waals surface area contributed by atoms with Gasteiger partial charge in [-0.1, -0.05) is 6.07 Å². The molecule has 1 rings (SSSR count). The molecule has 7 heteroatoms. The lowest BCUT2D eigenvalue weighted by Crippen LogP contribution is -2.53. The summed E-state index contributed by atoms with van der Waals surface area (Å²) in [6.45, 7) is 14.6. The van der Waals surface area contributed by atoms with Crippen molar-refractivity contribution in [3.63, 3.8) is 0 Å². The Labute approximate surface area is 171 Å². The minimum Gasteiger partial charge on any atom is -0.398 e. The number of hydrogen-bond donors (Lipinski definition) is 1. The van der Waals surface area contributed by atoms with Crippen LogP contribution >= 0.6 is 0 Å². The van der Waals surface area contributed by atoms with Crippen LogP contribution in [0.1, 0.15) is 59.9 Å². The maximum absolute atomic E-state index is 13.7. The van der Waals surface area contributed by atoms with Gasteiger partial charge in [-0.3, -0.25) is 0 Å². The number of hydrogen-bond acceptors (Lipinski definition) is 5. The van der Waals surface area contributed by atoms with E-state index in [1.807, 2.05) is 54.5 Å². The molecule has 0 spiro atoms. The van der Waals surface area contributed by atoms with Gasteiger partial charge in [-0.05, 0) is 79.0 Å². The van der Waals surface area contributed by atoms with Crippen molar-refractivity contribution in [3.8, 4) is 0 Å². The highest BCUT2D eigenvalue weighted by atomic mass is 32.2. The molecule has 0 radical (unpaired) electrons. The van der Waals surface area contributed by atoms with Crippen molar-refractivity contribution in [2.45, 2.75) is 83.4 Å². The highest BCUT2D eigenvalue weighted by Crippen LogP contribution is 2.34. The summed E-state index contributed by atoms with van der Waals surface area (Å²) in [6, 6.07) is 4.85. The minimum atomic E-state index is -3.81. The largest absolute Gasteiger partial charge is 0.398 e. The second kappa shape index (κ2) is 9.57. The molecule has 0 heterocycles. The van der Waals surface area contributed by atoms with Crippen LogP contribution in [0.25, 0.3) is 0 Å². The third kappa shape index (κ3) is 6.72. The van der Waals surface area contributed by atoms with Crippen LogP contribution < -0.4 is 5.73 Å². The van der Waals surface area contributed by atoms with Gasteiger partial charge in [-0.25, -0.2) is 8.42 Å². The second-order valence-electron chi connectivity index (χ2n) is 9.00. The molecule has 1 atom stereocenters. The topological polar surface area (TPSA) is 81.9 Å². The molecule has 0 aromatic heterocycles. The van der Waals surface area contributed by atoms with Crippen LogP contribution in [0.2, 0.25) is 0 Å². The summed E-state index contributed by atoms with van der Waals surface area (Å²) < 4.78 is 40.0. The molecule has 1 aromatic carbocycles. The highest BCUT2D eigenvalue weighted by molar-refractivity contribution is 7.89. The smallest absolute Gasteiger partial charge is 0.245 e. The van der Waals surface area contributed by atoms with Gasteiger partial charge in [-0.2, -0.15) is 4.31 Å². The molecular weight excluding hydrogens is 376 g/mol. The third-order valence-corrected chi connectivity index (χ3v) is 6.97. The Hall–Kier alpha value is -1.15. The molecule has 2 N–H and O–H groups in total. The molecule has 1 unspecified atom stereocenters. The van der Waals surface area contributed by atoms with Gasteiger partial charge in [0.2, 0.25) is 10.0 Å². The third-order valence-electron chi connectivity index (χ3n) is 4.69.